The van der Waals surface area contributed by atoms with Crippen LogP contribution in [0.1, 0.15) is 25.7 Å². The summed E-state index contributed by atoms with van der Waals surface area (Å²) < 4.78 is 0. The number of carbonyl (C=O) groups is 3. The minimum absolute atomic E-state index is 0.0133. The largest absolute Gasteiger partial charge is 0.480 e. The second kappa shape index (κ2) is 10.9. The van der Waals surface area contributed by atoms with Crippen LogP contribution in [0, 0.1) is 0 Å². The lowest BCUT2D eigenvalue weighted by Gasteiger charge is -2.23. The highest BCUT2D eigenvalue weighted by Gasteiger charge is 2.29. The summed E-state index contributed by atoms with van der Waals surface area (Å²) in [5, 5.41) is 20.5. The van der Waals surface area contributed by atoms with Gasteiger partial charge >= 0.3 is 5.97 Å². The molecule has 0 aromatic carbocycles. The number of carbonyl (C=O) groups excluding carboxylic acids is 2. The van der Waals surface area contributed by atoms with Crippen molar-refractivity contribution in [3.63, 3.8) is 0 Å². The van der Waals surface area contributed by atoms with E-state index in [1.807, 2.05) is 0 Å². The van der Waals surface area contributed by atoms with Gasteiger partial charge in [0.05, 0.1) is 6.54 Å². The van der Waals surface area contributed by atoms with Crippen molar-refractivity contribution in [2.24, 2.45) is 11.5 Å². The van der Waals surface area contributed by atoms with E-state index in [0.717, 1.165) is 0 Å². The summed E-state index contributed by atoms with van der Waals surface area (Å²) in [4.78, 5) is 35.3. The molecule has 1 saturated heterocycles. The highest BCUT2D eigenvalue weighted by Crippen LogP contribution is 2.05. The maximum absolute atomic E-state index is 12.4. The molecular formula is C14H28N6O4. The predicted octanol–water partition coefficient (Wildman–Crippen LogP) is -2.96. The molecule has 10 nitrogen and oxygen atoms in total. The number of hydrogen-bond acceptors (Lipinski definition) is 7. The molecule has 9 N–H and O–H groups in total. The first-order valence-corrected chi connectivity index (χ1v) is 8.14. The lowest BCUT2D eigenvalue weighted by atomic mass is 10.0. The SMILES string of the molecule is NCCCCC(NC(=O)C(CC1CNCN1)NC(=O)CN)C(=O)O. The molecule has 1 aliphatic rings. The minimum Gasteiger partial charge on any atom is -0.480 e. The molecule has 3 unspecified atom stereocenters. The number of amides is 2. The fourth-order valence-electron chi connectivity index (χ4n) is 2.49. The van der Waals surface area contributed by atoms with Gasteiger partial charge in [-0.15, -0.1) is 0 Å². The average molecular weight is 344 g/mol. The minimum atomic E-state index is -1.11. The normalized spacial score (nSPS) is 19.5. The number of aliphatic carboxylic acids is 1. The molecule has 0 bridgehead atoms. The Hall–Kier alpha value is -1.75. The van der Waals surface area contributed by atoms with Crippen molar-refractivity contribution in [2.45, 2.75) is 43.8 Å². The van der Waals surface area contributed by atoms with E-state index in [4.69, 9.17) is 11.5 Å². The Morgan fingerprint density at radius 2 is 1.92 bits per heavy atom. The van der Waals surface area contributed by atoms with Crippen LogP contribution in [0.3, 0.4) is 0 Å². The smallest absolute Gasteiger partial charge is 0.326 e. The van der Waals surface area contributed by atoms with Gasteiger partial charge in [-0.2, -0.15) is 0 Å². The van der Waals surface area contributed by atoms with Crippen LogP contribution in [0.25, 0.3) is 0 Å². The summed E-state index contributed by atoms with van der Waals surface area (Å²) in [6.07, 6.45) is 1.92. The Kier molecular flexibility index (Phi) is 9.23. The summed E-state index contributed by atoms with van der Waals surface area (Å²) in [5.41, 5.74) is 10.7. The summed E-state index contributed by atoms with van der Waals surface area (Å²) >= 11 is 0. The van der Waals surface area contributed by atoms with Crippen molar-refractivity contribution in [2.75, 3.05) is 26.3 Å². The third-order valence-corrected chi connectivity index (χ3v) is 3.83. The van der Waals surface area contributed by atoms with Gasteiger partial charge < -0.3 is 37.8 Å². The molecule has 1 rings (SSSR count). The molecule has 0 aromatic rings. The van der Waals surface area contributed by atoms with Gasteiger partial charge in [-0.1, -0.05) is 0 Å². The number of unbranched alkanes of at least 4 members (excludes halogenated alkanes) is 1. The quantitative estimate of drug-likeness (QED) is 0.195. The average Bonchev–Trinajstić information content (AvgIpc) is 3.06. The van der Waals surface area contributed by atoms with Crippen LogP contribution >= 0.6 is 0 Å². The number of carboxylic acid groups (broad SMARTS) is 1. The number of nitrogens with one attached hydrogen (secondary N) is 4. The van der Waals surface area contributed by atoms with E-state index in [9.17, 15) is 19.5 Å². The summed E-state index contributed by atoms with van der Waals surface area (Å²) in [6.45, 7) is 1.52. The van der Waals surface area contributed by atoms with Gasteiger partial charge in [0.25, 0.3) is 0 Å². The Morgan fingerprint density at radius 1 is 1.17 bits per heavy atom. The van der Waals surface area contributed by atoms with Crippen molar-refractivity contribution in [3.05, 3.63) is 0 Å². The van der Waals surface area contributed by atoms with E-state index in [2.05, 4.69) is 21.3 Å². The topological polar surface area (TPSA) is 172 Å². The Bertz CT molecular complexity index is 427. The van der Waals surface area contributed by atoms with E-state index in [0.29, 0.717) is 45.4 Å². The lowest BCUT2D eigenvalue weighted by molar-refractivity contribution is -0.142. The van der Waals surface area contributed by atoms with E-state index < -0.39 is 29.9 Å². The number of rotatable bonds is 11. The van der Waals surface area contributed by atoms with Gasteiger partial charge in [-0.3, -0.25) is 9.59 Å². The highest BCUT2D eigenvalue weighted by molar-refractivity contribution is 5.90. The third kappa shape index (κ3) is 7.21. The maximum Gasteiger partial charge on any atom is 0.326 e. The lowest BCUT2D eigenvalue weighted by Crippen LogP contribution is -2.54. The second-order valence-corrected chi connectivity index (χ2v) is 5.78. The van der Waals surface area contributed by atoms with Crippen molar-refractivity contribution in [1.29, 1.82) is 0 Å². The van der Waals surface area contributed by atoms with E-state index >= 15 is 0 Å². The first-order chi connectivity index (χ1) is 11.5. The number of hydrogen-bond donors (Lipinski definition) is 7. The molecule has 10 heteroatoms. The van der Waals surface area contributed by atoms with Crippen molar-refractivity contribution >= 4 is 17.8 Å². The van der Waals surface area contributed by atoms with Crippen LogP contribution in [0.4, 0.5) is 0 Å². The molecule has 2 amide bonds. The molecule has 1 heterocycles. The van der Waals surface area contributed by atoms with Gasteiger partial charge in [0, 0.05) is 19.3 Å². The number of carboxylic acids is 1. The van der Waals surface area contributed by atoms with Crippen LogP contribution in [-0.4, -0.2) is 67.3 Å². The van der Waals surface area contributed by atoms with Gasteiger partial charge in [-0.05, 0) is 32.2 Å². The second-order valence-electron chi connectivity index (χ2n) is 5.78. The molecule has 0 aromatic heterocycles. The molecule has 24 heavy (non-hydrogen) atoms. The molecule has 1 fully saturated rings. The Balaban J connectivity index is 2.65. The van der Waals surface area contributed by atoms with Gasteiger partial charge in [0.2, 0.25) is 11.8 Å². The number of nitrogens with two attached hydrogens (primary N) is 2. The fourth-order valence-corrected chi connectivity index (χ4v) is 2.49. The fraction of sp³-hybridized carbons (Fsp3) is 0.786. The molecular weight excluding hydrogens is 316 g/mol. The van der Waals surface area contributed by atoms with Crippen LogP contribution in [0.15, 0.2) is 0 Å². The summed E-state index contributed by atoms with van der Waals surface area (Å²) in [6, 6.07) is -1.83. The van der Waals surface area contributed by atoms with Crippen LogP contribution < -0.4 is 32.7 Å². The molecule has 1 aliphatic heterocycles. The van der Waals surface area contributed by atoms with Crippen molar-refractivity contribution in [3.8, 4) is 0 Å². The van der Waals surface area contributed by atoms with E-state index in [1.165, 1.54) is 0 Å². The van der Waals surface area contributed by atoms with Gasteiger partial charge in [0.15, 0.2) is 0 Å². The molecule has 0 aliphatic carbocycles. The zero-order valence-electron chi connectivity index (χ0n) is 13.7. The first kappa shape index (κ1) is 20.3. The molecule has 0 radical (unpaired) electrons. The maximum atomic E-state index is 12.4. The molecule has 0 spiro atoms. The Morgan fingerprint density at radius 3 is 2.46 bits per heavy atom. The summed E-state index contributed by atoms with van der Waals surface area (Å²) in [5.74, 6) is -2.09. The van der Waals surface area contributed by atoms with Crippen LogP contribution in [0.5, 0.6) is 0 Å². The van der Waals surface area contributed by atoms with Crippen molar-refractivity contribution < 1.29 is 19.5 Å². The molecule has 138 valence electrons. The Labute approximate surface area is 141 Å². The zero-order valence-corrected chi connectivity index (χ0v) is 13.7. The molecule has 0 saturated carbocycles. The van der Waals surface area contributed by atoms with Crippen LogP contribution in [0.2, 0.25) is 0 Å². The zero-order chi connectivity index (χ0) is 17.9. The molecule has 3 atom stereocenters. The van der Waals surface area contributed by atoms with Gasteiger partial charge in [-0.25, -0.2) is 4.79 Å². The van der Waals surface area contributed by atoms with E-state index in [1.54, 1.807) is 0 Å². The van der Waals surface area contributed by atoms with Crippen molar-refractivity contribution in [1.82, 2.24) is 21.3 Å². The van der Waals surface area contributed by atoms with Crippen LogP contribution in [-0.2, 0) is 14.4 Å². The van der Waals surface area contributed by atoms with E-state index in [-0.39, 0.29) is 12.6 Å². The van der Waals surface area contributed by atoms with Gasteiger partial charge in [0.1, 0.15) is 12.1 Å². The first-order valence-electron chi connectivity index (χ1n) is 8.14. The highest BCUT2D eigenvalue weighted by atomic mass is 16.4. The predicted molar refractivity (Wildman–Crippen MR) is 87.9 cm³/mol. The monoisotopic (exact) mass is 344 g/mol. The third-order valence-electron chi connectivity index (χ3n) is 3.83. The standard InChI is InChI=1S/C14H28N6O4/c15-4-2-1-3-10(14(23)24)20-13(22)11(19-12(21)6-16)5-9-7-17-8-18-9/h9-11,17-18H,1-8,15-16H2,(H,19,21)(H,20,22)(H,23,24). The summed E-state index contributed by atoms with van der Waals surface area (Å²) in [7, 11) is 0.